The first kappa shape index (κ1) is 13.5. The fourth-order valence-corrected chi connectivity index (χ4v) is 3.71. The minimum atomic E-state index is -3.42. The smallest absolute Gasteiger partial charge is 0.260 e. The van der Waals surface area contributed by atoms with Crippen molar-refractivity contribution in [2.24, 2.45) is 5.92 Å². The fraction of sp³-hybridized carbons (Fsp3) is 0.727. The lowest BCUT2D eigenvalue weighted by Gasteiger charge is -2.28. The number of sulfonamides is 1. The number of nitrogens with zero attached hydrogens (tertiary/aromatic N) is 2. The molecule has 7 heteroatoms. The Morgan fingerprint density at radius 2 is 2.39 bits per heavy atom. The number of H-pyrrole nitrogens is 1. The van der Waals surface area contributed by atoms with Crippen LogP contribution in [0.5, 0.6) is 0 Å². The zero-order valence-corrected chi connectivity index (χ0v) is 11.4. The van der Waals surface area contributed by atoms with Gasteiger partial charge in [-0.3, -0.25) is 0 Å². The summed E-state index contributed by atoms with van der Waals surface area (Å²) < 4.78 is 26.2. The van der Waals surface area contributed by atoms with E-state index >= 15 is 0 Å². The quantitative estimate of drug-likeness (QED) is 0.814. The normalized spacial score (nSPS) is 21.3. The first-order valence-electron chi connectivity index (χ1n) is 6.34. The summed E-state index contributed by atoms with van der Waals surface area (Å²) in [7, 11) is -3.42. The number of hydrogen-bond acceptors (Lipinski definition) is 4. The van der Waals surface area contributed by atoms with E-state index in [4.69, 9.17) is 0 Å². The lowest BCUT2D eigenvalue weighted by Crippen LogP contribution is -2.41. The van der Waals surface area contributed by atoms with Gasteiger partial charge in [-0.15, -0.1) is 0 Å². The van der Waals surface area contributed by atoms with Gasteiger partial charge in [-0.05, 0) is 31.8 Å². The van der Waals surface area contributed by atoms with Crippen molar-refractivity contribution in [1.29, 1.82) is 0 Å². The average molecular weight is 272 g/mol. The van der Waals surface area contributed by atoms with Crippen LogP contribution in [0.1, 0.15) is 19.8 Å². The largest absolute Gasteiger partial charge is 0.335 e. The van der Waals surface area contributed by atoms with Gasteiger partial charge in [-0.25, -0.2) is 13.4 Å². The molecular weight excluding hydrogens is 252 g/mol. The van der Waals surface area contributed by atoms with E-state index in [1.54, 1.807) is 0 Å². The number of piperidine rings is 1. The van der Waals surface area contributed by atoms with Crippen molar-refractivity contribution in [2.45, 2.75) is 24.8 Å². The second-order valence-electron chi connectivity index (χ2n) is 4.58. The Morgan fingerprint density at radius 1 is 1.56 bits per heavy atom. The molecule has 1 aliphatic rings. The summed E-state index contributed by atoms with van der Waals surface area (Å²) in [4.78, 5) is 6.45. The summed E-state index contributed by atoms with van der Waals surface area (Å²) in [6.07, 6.45) is 4.95. The molecule has 1 unspecified atom stereocenters. The van der Waals surface area contributed by atoms with Gasteiger partial charge in [0.15, 0.2) is 5.03 Å². The molecule has 6 nitrogen and oxygen atoms in total. The van der Waals surface area contributed by atoms with E-state index in [0.29, 0.717) is 19.0 Å². The maximum absolute atomic E-state index is 12.3. The number of rotatable bonds is 5. The summed E-state index contributed by atoms with van der Waals surface area (Å²) in [6.45, 7) is 4.86. The van der Waals surface area contributed by atoms with Crippen molar-refractivity contribution >= 4 is 10.0 Å². The lowest BCUT2D eigenvalue weighted by atomic mass is 10.00. The third-order valence-electron chi connectivity index (χ3n) is 3.30. The molecule has 0 bridgehead atoms. The van der Waals surface area contributed by atoms with Gasteiger partial charge in [0.2, 0.25) is 0 Å². The summed E-state index contributed by atoms with van der Waals surface area (Å²) >= 11 is 0. The summed E-state index contributed by atoms with van der Waals surface area (Å²) in [5.74, 6) is 0.399. The summed E-state index contributed by atoms with van der Waals surface area (Å²) in [5, 5.41) is 3.48. The zero-order chi connectivity index (χ0) is 13.0. The second-order valence-corrected chi connectivity index (χ2v) is 6.49. The first-order chi connectivity index (χ1) is 8.64. The highest BCUT2D eigenvalue weighted by atomic mass is 32.2. The lowest BCUT2D eigenvalue weighted by molar-refractivity contribution is 0.297. The molecule has 1 fully saturated rings. The van der Waals surface area contributed by atoms with Crippen molar-refractivity contribution in [1.82, 2.24) is 19.6 Å². The molecule has 2 N–H and O–H groups in total. The van der Waals surface area contributed by atoms with Gasteiger partial charge in [-0.2, -0.15) is 4.31 Å². The monoisotopic (exact) mass is 272 g/mol. The van der Waals surface area contributed by atoms with Gasteiger partial charge < -0.3 is 10.3 Å². The zero-order valence-electron chi connectivity index (χ0n) is 10.6. The molecule has 1 aromatic rings. The maximum Gasteiger partial charge on any atom is 0.260 e. The number of hydrogen-bond donors (Lipinski definition) is 2. The third-order valence-corrected chi connectivity index (χ3v) is 5.17. The van der Waals surface area contributed by atoms with E-state index in [9.17, 15) is 8.42 Å². The predicted molar refractivity (Wildman–Crippen MR) is 68.6 cm³/mol. The van der Waals surface area contributed by atoms with Gasteiger partial charge in [0.05, 0.1) is 12.5 Å². The van der Waals surface area contributed by atoms with E-state index < -0.39 is 10.0 Å². The number of aromatic nitrogens is 2. The van der Waals surface area contributed by atoms with Crippen LogP contribution >= 0.6 is 0 Å². The Balaban J connectivity index is 2.08. The Hall–Kier alpha value is -0.920. The molecule has 0 saturated carbocycles. The van der Waals surface area contributed by atoms with Crippen LogP contribution in [0.2, 0.25) is 0 Å². The molecule has 2 rings (SSSR count). The Morgan fingerprint density at radius 3 is 2.94 bits per heavy atom. The number of nitrogens with one attached hydrogen (secondary N) is 2. The van der Waals surface area contributed by atoms with Crippen LogP contribution < -0.4 is 5.32 Å². The van der Waals surface area contributed by atoms with Crippen LogP contribution in [0.3, 0.4) is 0 Å². The molecule has 18 heavy (non-hydrogen) atoms. The highest BCUT2D eigenvalue weighted by molar-refractivity contribution is 7.89. The molecule has 2 heterocycles. The standard InChI is InChI=1S/C11H20N4O2S/c1-2-15(8-10-4-3-5-12-6-10)18(16,17)11-7-13-9-14-11/h7,9-10,12H,2-6,8H2,1H3,(H,13,14). The molecular formula is C11H20N4O2S. The van der Waals surface area contributed by atoms with Crippen LogP contribution in [-0.2, 0) is 10.0 Å². The van der Waals surface area contributed by atoms with E-state index in [1.807, 2.05) is 6.92 Å². The third kappa shape index (κ3) is 2.90. The molecule has 0 radical (unpaired) electrons. The number of aromatic amines is 1. The van der Waals surface area contributed by atoms with E-state index in [1.165, 1.54) is 16.8 Å². The minimum absolute atomic E-state index is 0.174. The Kier molecular flexibility index (Phi) is 4.36. The van der Waals surface area contributed by atoms with Crippen molar-refractivity contribution in [2.75, 3.05) is 26.2 Å². The van der Waals surface area contributed by atoms with Crippen LogP contribution in [0.4, 0.5) is 0 Å². The molecule has 0 aromatic carbocycles. The average Bonchev–Trinajstić information content (AvgIpc) is 2.91. The van der Waals surface area contributed by atoms with E-state index in [-0.39, 0.29) is 5.03 Å². The van der Waals surface area contributed by atoms with E-state index in [2.05, 4.69) is 15.3 Å². The van der Waals surface area contributed by atoms with Crippen LogP contribution in [0, 0.1) is 5.92 Å². The van der Waals surface area contributed by atoms with Crippen molar-refractivity contribution < 1.29 is 8.42 Å². The topological polar surface area (TPSA) is 78.1 Å². The van der Waals surface area contributed by atoms with E-state index in [0.717, 1.165) is 25.9 Å². The molecule has 1 aliphatic heterocycles. The molecule has 0 amide bonds. The predicted octanol–water partition coefficient (Wildman–Crippen LogP) is 0.420. The SMILES string of the molecule is CCN(CC1CCCNC1)S(=O)(=O)c1cnc[nH]1. The highest BCUT2D eigenvalue weighted by Gasteiger charge is 2.27. The van der Waals surface area contributed by atoms with Crippen molar-refractivity contribution in [3.63, 3.8) is 0 Å². The molecule has 1 atom stereocenters. The van der Waals surface area contributed by atoms with Crippen molar-refractivity contribution in [3.8, 4) is 0 Å². The molecule has 0 aliphatic carbocycles. The Bertz CT molecular complexity index is 451. The molecule has 1 saturated heterocycles. The van der Waals surface area contributed by atoms with Crippen LogP contribution in [0.25, 0.3) is 0 Å². The highest BCUT2D eigenvalue weighted by Crippen LogP contribution is 2.17. The molecule has 1 aromatic heterocycles. The number of imidazole rings is 1. The molecule has 102 valence electrons. The fourth-order valence-electron chi connectivity index (χ4n) is 2.29. The van der Waals surface area contributed by atoms with Gasteiger partial charge in [-0.1, -0.05) is 6.92 Å². The van der Waals surface area contributed by atoms with Gasteiger partial charge in [0.25, 0.3) is 10.0 Å². The summed E-state index contributed by atoms with van der Waals surface area (Å²) in [5.41, 5.74) is 0. The van der Waals surface area contributed by atoms with Gasteiger partial charge in [0.1, 0.15) is 0 Å². The first-order valence-corrected chi connectivity index (χ1v) is 7.78. The molecule has 0 spiro atoms. The Labute approximate surface area is 108 Å². The van der Waals surface area contributed by atoms with Crippen LogP contribution in [-0.4, -0.2) is 48.9 Å². The summed E-state index contributed by atoms with van der Waals surface area (Å²) in [6, 6.07) is 0. The second kappa shape index (κ2) is 5.81. The minimum Gasteiger partial charge on any atom is -0.335 e. The van der Waals surface area contributed by atoms with Crippen LogP contribution in [0.15, 0.2) is 17.6 Å². The van der Waals surface area contributed by atoms with Crippen molar-refractivity contribution in [3.05, 3.63) is 12.5 Å². The van der Waals surface area contributed by atoms with Gasteiger partial charge in [0, 0.05) is 13.1 Å². The van der Waals surface area contributed by atoms with Gasteiger partial charge >= 0.3 is 0 Å². The maximum atomic E-state index is 12.3.